The maximum atomic E-state index is 12.6. The van der Waals surface area contributed by atoms with Gasteiger partial charge >= 0.3 is 5.97 Å². The van der Waals surface area contributed by atoms with Gasteiger partial charge in [-0.05, 0) is 44.6 Å². The molecule has 4 nitrogen and oxygen atoms in total. The van der Waals surface area contributed by atoms with Gasteiger partial charge in [0.05, 0.1) is 0 Å². The molecule has 1 fully saturated rings. The third kappa shape index (κ3) is 3.87. The van der Waals surface area contributed by atoms with E-state index in [0.29, 0.717) is 6.42 Å². The molecule has 0 heterocycles. The Kier molecular flexibility index (Phi) is 5.22. The highest BCUT2D eigenvalue weighted by molar-refractivity contribution is 5.84. The number of aliphatic carboxylic acids is 1. The Hall–Kier alpha value is -1.84. The van der Waals surface area contributed by atoms with Crippen molar-refractivity contribution in [1.82, 2.24) is 4.90 Å². The van der Waals surface area contributed by atoms with Crippen molar-refractivity contribution in [2.24, 2.45) is 0 Å². The maximum absolute atomic E-state index is 12.6. The molecule has 1 saturated carbocycles. The standard InChI is InChI=1S/C18H25NO3/c1-4-14(15-7-5-12(2)6-8-15)11-17(20)19(16-9-10-16)13(3)18(21)22/h5-8,13-14,16H,4,9-11H2,1-3H3,(H,21,22). The molecule has 2 atom stereocenters. The molecule has 0 bridgehead atoms. The highest BCUT2D eigenvalue weighted by Crippen LogP contribution is 2.32. The largest absolute Gasteiger partial charge is 0.480 e. The van der Waals surface area contributed by atoms with Crippen LogP contribution in [0.3, 0.4) is 0 Å². The first kappa shape index (κ1) is 16.5. The number of carbonyl (C=O) groups is 2. The van der Waals surface area contributed by atoms with Crippen molar-refractivity contribution >= 4 is 11.9 Å². The van der Waals surface area contributed by atoms with Crippen LogP contribution in [0.4, 0.5) is 0 Å². The van der Waals surface area contributed by atoms with Crippen LogP contribution in [0, 0.1) is 6.92 Å². The predicted molar refractivity (Wildman–Crippen MR) is 85.8 cm³/mol. The number of nitrogens with zero attached hydrogens (tertiary/aromatic N) is 1. The minimum Gasteiger partial charge on any atom is -0.480 e. The zero-order chi connectivity index (χ0) is 16.3. The zero-order valence-electron chi connectivity index (χ0n) is 13.6. The number of rotatable bonds is 7. The van der Waals surface area contributed by atoms with Gasteiger partial charge in [-0.1, -0.05) is 36.8 Å². The van der Waals surface area contributed by atoms with Crippen LogP contribution in [-0.4, -0.2) is 34.0 Å². The van der Waals surface area contributed by atoms with E-state index in [1.807, 2.05) is 6.92 Å². The second-order valence-corrected chi connectivity index (χ2v) is 6.27. The summed E-state index contributed by atoms with van der Waals surface area (Å²) in [4.78, 5) is 25.5. The van der Waals surface area contributed by atoms with Crippen molar-refractivity contribution in [3.8, 4) is 0 Å². The molecule has 1 aromatic carbocycles. The quantitative estimate of drug-likeness (QED) is 0.840. The van der Waals surface area contributed by atoms with Crippen LogP contribution in [0.15, 0.2) is 24.3 Å². The molecule has 0 aliphatic heterocycles. The molecule has 2 unspecified atom stereocenters. The topological polar surface area (TPSA) is 57.6 Å². The van der Waals surface area contributed by atoms with E-state index >= 15 is 0 Å². The Morgan fingerprint density at radius 3 is 2.32 bits per heavy atom. The number of hydrogen-bond donors (Lipinski definition) is 1. The maximum Gasteiger partial charge on any atom is 0.326 e. The third-order valence-electron chi connectivity index (χ3n) is 4.47. The normalized spacial score (nSPS) is 16.9. The Morgan fingerprint density at radius 1 is 1.27 bits per heavy atom. The van der Waals surface area contributed by atoms with Gasteiger partial charge in [-0.25, -0.2) is 4.79 Å². The van der Waals surface area contributed by atoms with Crippen molar-refractivity contribution in [2.45, 2.75) is 64.5 Å². The SMILES string of the molecule is CCC(CC(=O)N(C1CC1)C(C)C(=O)O)c1ccc(C)cc1. The number of carboxylic acid groups (broad SMARTS) is 1. The van der Waals surface area contributed by atoms with Crippen molar-refractivity contribution in [3.05, 3.63) is 35.4 Å². The second kappa shape index (κ2) is 6.95. The van der Waals surface area contributed by atoms with E-state index in [4.69, 9.17) is 0 Å². The van der Waals surface area contributed by atoms with Gasteiger partial charge in [0.25, 0.3) is 0 Å². The van der Waals surface area contributed by atoms with E-state index < -0.39 is 12.0 Å². The van der Waals surface area contributed by atoms with Crippen LogP contribution in [0.2, 0.25) is 0 Å². The summed E-state index contributed by atoms with van der Waals surface area (Å²) in [6.07, 6.45) is 3.10. The minimum atomic E-state index is -0.927. The van der Waals surface area contributed by atoms with Gasteiger partial charge in [-0.15, -0.1) is 0 Å². The van der Waals surface area contributed by atoms with Gasteiger partial charge in [0.15, 0.2) is 0 Å². The fourth-order valence-corrected chi connectivity index (χ4v) is 2.86. The average Bonchev–Trinajstić information content (AvgIpc) is 3.30. The Morgan fingerprint density at radius 2 is 1.86 bits per heavy atom. The van der Waals surface area contributed by atoms with Gasteiger partial charge in [-0.2, -0.15) is 0 Å². The fourth-order valence-electron chi connectivity index (χ4n) is 2.86. The molecule has 1 N–H and O–H groups in total. The lowest BCUT2D eigenvalue weighted by atomic mass is 9.92. The molecular formula is C18H25NO3. The van der Waals surface area contributed by atoms with Crippen LogP contribution in [0.25, 0.3) is 0 Å². The lowest BCUT2D eigenvalue weighted by molar-refractivity contribution is -0.150. The molecule has 2 rings (SSSR count). The van der Waals surface area contributed by atoms with Crippen LogP contribution in [0.1, 0.15) is 56.6 Å². The molecule has 1 amide bonds. The van der Waals surface area contributed by atoms with Crippen LogP contribution in [0.5, 0.6) is 0 Å². The summed E-state index contributed by atoms with van der Waals surface area (Å²) in [5, 5.41) is 9.22. The van der Waals surface area contributed by atoms with Crippen molar-refractivity contribution in [1.29, 1.82) is 0 Å². The molecule has 22 heavy (non-hydrogen) atoms. The van der Waals surface area contributed by atoms with E-state index in [0.717, 1.165) is 24.8 Å². The molecular weight excluding hydrogens is 278 g/mol. The van der Waals surface area contributed by atoms with E-state index in [2.05, 4.69) is 31.2 Å². The predicted octanol–water partition coefficient (Wildman–Crippen LogP) is 3.34. The van der Waals surface area contributed by atoms with Gasteiger partial charge in [0.2, 0.25) is 5.91 Å². The monoisotopic (exact) mass is 303 g/mol. The summed E-state index contributed by atoms with van der Waals surface area (Å²) >= 11 is 0. The number of carbonyl (C=O) groups excluding carboxylic acids is 1. The molecule has 4 heteroatoms. The first-order valence-electron chi connectivity index (χ1n) is 8.04. The Balaban J connectivity index is 2.10. The third-order valence-corrected chi connectivity index (χ3v) is 4.47. The van der Waals surface area contributed by atoms with Crippen molar-refractivity contribution in [3.63, 3.8) is 0 Å². The first-order valence-corrected chi connectivity index (χ1v) is 8.04. The molecule has 0 aromatic heterocycles. The summed E-state index contributed by atoms with van der Waals surface area (Å²) in [5.41, 5.74) is 2.35. The Bertz CT molecular complexity index is 534. The number of aryl methyl sites for hydroxylation is 1. The van der Waals surface area contributed by atoms with E-state index in [9.17, 15) is 14.7 Å². The van der Waals surface area contributed by atoms with Crippen molar-refractivity contribution < 1.29 is 14.7 Å². The summed E-state index contributed by atoms with van der Waals surface area (Å²) in [5.74, 6) is -0.816. The van der Waals surface area contributed by atoms with E-state index in [1.54, 1.807) is 11.8 Å². The average molecular weight is 303 g/mol. The molecule has 0 saturated heterocycles. The summed E-state index contributed by atoms with van der Waals surface area (Å²) in [7, 11) is 0. The van der Waals surface area contributed by atoms with Gasteiger partial charge in [0, 0.05) is 12.5 Å². The summed E-state index contributed by atoms with van der Waals surface area (Å²) in [6, 6.07) is 7.63. The molecule has 1 aliphatic rings. The Labute approximate surface area is 132 Å². The van der Waals surface area contributed by atoms with Gasteiger partial charge < -0.3 is 10.0 Å². The number of hydrogen-bond acceptors (Lipinski definition) is 2. The number of benzene rings is 1. The zero-order valence-corrected chi connectivity index (χ0v) is 13.6. The highest BCUT2D eigenvalue weighted by atomic mass is 16.4. The lowest BCUT2D eigenvalue weighted by Gasteiger charge is -2.28. The molecule has 0 radical (unpaired) electrons. The van der Waals surface area contributed by atoms with Crippen LogP contribution < -0.4 is 0 Å². The first-order chi connectivity index (χ1) is 10.4. The van der Waals surface area contributed by atoms with Crippen LogP contribution in [-0.2, 0) is 9.59 Å². The molecule has 120 valence electrons. The summed E-state index contributed by atoms with van der Waals surface area (Å²) in [6.45, 7) is 5.71. The van der Waals surface area contributed by atoms with E-state index in [-0.39, 0.29) is 17.9 Å². The highest BCUT2D eigenvalue weighted by Gasteiger charge is 2.38. The minimum absolute atomic E-state index is 0.0372. The molecule has 0 spiro atoms. The van der Waals surface area contributed by atoms with E-state index in [1.165, 1.54) is 5.56 Å². The fraction of sp³-hybridized carbons (Fsp3) is 0.556. The smallest absolute Gasteiger partial charge is 0.326 e. The van der Waals surface area contributed by atoms with Crippen molar-refractivity contribution in [2.75, 3.05) is 0 Å². The van der Waals surface area contributed by atoms with Gasteiger partial charge in [0.1, 0.15) is 6.04 Å². The molecule has 1 aromatic rings. The lowest BCUT2D eigenvalue weighted by Crippen LogP contribution is -2.45. The molecule has 1 aliphatic carbocycles. The number of carboxylic acids is 1. The van der Waals surface area contributed by atoms with Gasteiger partial charge in [-0.3, -0.25) is 4.79 Å². The van der Waals surface area contributed by atoms with Crippen LogP contribution >= 0.6 is 0 Å². The number of amides is 1. The second-order valence-electron chi connectivity index (χ2n) is 6.27. The summed E-state index contributed by atoms with van der Waals surface area (Å²) < 4.78 is 0.